The fourth-order valence-electron chi connectivity index (χ4n) is 1.91. The molecule has 0 radical (unpaired) electrons. The van der Waals surface area contributed by atoms with Gasteiger partial charge in [-0.2, -0.15) is 5.26 Å². The van der Waals surface area contributed by atoms with Gasteiger partial charge in [-0.3, -0.25) is 0 Å². The lowest BCUT2D eigenvalue weighted by Gasteiger charge is -2.33. The van der Waals surface area contributed by atoms with Crippen LogP contribution in [0.25, 0.3) is 0 Å². The van der Waals surface area contributed by atoms with E-state index in [9.17, 15) is 0 Å². The molecule has 25 heavy (non-hydrogen) atoms. The van der Waals surface area contributed by atoms with E-state index in [4.69, 9.17) is 32.6 Å². The zero-order chi connectivity index (χ0) is 20.9. The molecule has 0 amide bonds. The SMILES string of the molecule is [2H]CCCOCC(COCCC[2H])(COCCC[2H])COP(C)OCCC#N. The van der Waals surface area contributed by atoms with Crippen LogP contribution in [0.5, 0.6) is 0 Å². The number of nitriles is 1. The first-order chi connectivity index (χ1) is 13.6. The van der Waals surface area contributed by atoms with E-state index in [1.165, 1.54) is 0 Å². The maximum Gasteiger partial charge on any atom is 0.167 e. The van der Waals surface area contributed by atoms with E-state index < -0.39 is 13.8 Å². The minimum absolute atomic E-state index is 0.316. The zero-order valence-electron chi connectivity index (χ0n) is 18.5. The molecule has 0 heterocycles. The number of hydrogen-bond acceptors (Lipinski definition) is 6. The predicted octanol–water partition coefficient (Wildman–Crippen LogP) is 4.14. The van der Waals surface area contributed by atoms with Gasteiger partial charge in [0.05, 0.1) is 50.9 Å². The second kappa shape index (κ2) is 17.1. The molecule has 6 nitrogen and oxygen atoms in total. The quantitative estimate of drug-likeness (QED) is 0.263. The summed E-state index contributed by atoms with van der Waals surface area (Å²) in [4.78, 5) is 0. The highest BCUT2D eigenvalue weighted by Crippen LogP contribution is 2.36. The number of ether oxygens (including phenoxy) is 3. The zero-order valence-corrected chi connectivity index (χ0v) is 16.4. The molecule has 0 saturated carbocycles. The number of hydrogen-bond donors (Lipinski definition) is 0. The van der Waals surface area contributed by atoms with Gasteiger partial charge in [-0.1, -0.05) is 20.7 Å². The van der Waals surface area contributed by atoms with Gasteiger partial charge >= 0.3 is 0 Å². The summed E-state index contributed by atoms with van der Waals surface area (Å²) in [6, 6.07) is 2.04. The monoisotopic (exact) mass is 380 g/mol. The van der Waals surface area contributed by atoms with E-state index in [2.05, 4.69) is 0 Å². The fraction of sp³-hybridized carbons (Fsp3) is 0.944. The van der Waals surface area contributed by atoms with Crippen LogP contribution >= 0.6 is 8.38 Å². The van der Waals surface area contributed by atoms with Crippen LogP contribution in [0, 0.1) is 16.7 Å². The number of rotatable bonds is 18. The van der Waals surface area contributed by atoms with E-state index in [-0.39, 0.29) is 0 Å². The summed E-state index contributed by atoms with van der Waals surface area (Å²) in [6.45, 7) is 6.04. The van der Waals surface area contributed by atoms with Crippen molar-refractivity contribution < 1.29 is 27.4 Å². The van der Waals surface area contributed by atoms with Gasteiger partial charge in [0.1, 0.15) is 0 Å². The van der Waals surface area contributed by atoms with Crippen LogP contribution in [0.2, 0.25) is 0 Å². The average Bonchev–Trinajstić information content (AvgIpc) is 2.70. The van der Waals surface area contributed by atoms with Gasteiger partial charge in [-0.15, -0.1) is 0 Å². The maximum atomic E-state index is 8.61. The van der Waals surface area contributed by atoms with Crippen LogP contribution in [-0.4, -0.2) is 59.5 Å². The molecule has 0 saturated heterocycles. The Morgan fingerprint density at radius 1 is 0.840 bits per heavy atom. The molecule has 0 aliphatic heterocycles. The van der Waals surface area contributed by atoms with Crippen molar-refractivity contribution >= 4 is 8.38 Å². The number of nitrogens with zero attached hydrogens (tertiary/aromatic N) is 1. The van der Waals surface area contributed by atoms with Crippen molar-refractivity contribution in [3.05, 3.63) is 0 Å². The van der Waals surface area contributed by atoms with Crippen LogP contribution in [0.4, 0.5) is 0 Å². The molecule has 0 aromatic carbocycles. The molecule has 1 unspecified atom stereocenters. The van der Waals surface area contributed by atoms with Crippen molar-refractivity contribution in [2.45, 2.75) is 46.4 Å². The third-order valence-corrected chi connectivity index (χ3v) is 4.17. The topological polar surface area (TPSA) is 69.9 Å². The van der Waals surface area contributed by atoms with Crippen molar-refractivity contribution in [2.75, 3.05) is 59.5 Å². The molecule has 0 aliphatic carbocycles. The van der Waals surface area contributed by atoms with E-state index in [1.54, 1.807) is 0 Å². The molecule has 0 fully saturated rings. The minimum atomic E-state index is -1.13. The van der Waals surface area contributed by atoms with E-state index >= 15 is 0 Å². The Labute approximate surface area is 159 Å². The summed E-state index contributed by atoms with van der Waals surface area (Å²) in [5.41, 5.74) is -0.527. The Hall–Kier alpha value is -0.280. The standard InChI is InChI=1S/C18H36NO5P/c1-5-10-20-14-18(15-21-11-6-2,16-22-12-7-3)17-24-25(4)23-13-8-9-19/h5-8,10-17H2,1-4H3/i1D,2D,3D. The van der Waals surface area contributed by atoms with Gasteiger partial charge in [-0.05, 0) is 19.3 Å². The molecule has 0 N–H and O–H groups in total. The van der Waals surface area contributed by atoms with Gasteiger partial charge in [0.25, 0.3) is 0 Å². The summed E-state index contributed by atoms with van der Waals surface area (Å²) < 4.78 is 50.5. The van der Waals surface area contributed by atoms with Crippen LogP contribution < -0.4 is 0 Å². The summed E-state index contributed by atoms with van der Waals surface area (Å²) >= 11 is 0. The van der Waals surface area contributed by atoms with Crippen LogP contribution in [-0.2, 0) is 23.3 Å². The lowest BCUT2D eigenvalue weighted by Crippen LogP contribution is -2.41. The Morgan fingerprint density at radius 2 is 1.36 bits per heavy atom. The Balaban J connectivity index is 4.82. The van der Waals surface area contributed by atoms with Gasteiger partial charge in [0, 0.05) is 30.6 Å². The van der Waals surface area contributed by atoms with Crippen molar-refractivity contribution in [3.63, 3.8) is 0 Å². The molecule has 1 atom stereocenters. The molecular formula is C18H36NO5P. The van der Waals surface area contributed by atoms with Crippen molar-refractivity contribution in [1.82, 2.24) is 0 Å². The van der Waals surface area contributed by atoms with Crippen LogP contribution in [0.15, 0.2) is 0 Å². The molecule has 0 aromatic rings. The average molecular weight is 380 g/mol. The van der Waals surface area contributed by atoms with E-state index in [1.807, 2.05) is 12.7 Å². The Morgan fingerprint density at radius 3 is 1.80 bits per heavy atom. The molecule has 0 aromatic heterocycles. The first-order valence-electron chi connectivity index (χ1n) is 10.7. The summed E-state index contributed by atoms with van der Waals surface area (Å²) in [5.74, 6) is 0. The second-order valence-electron chi connectivity index (χ2n) is 5.67. The molecule has 0 rings (SSSR count). The van der Waals surface area contributed by atoms with Gasteiger partial charge in [0.2, 0.25) is 0 Å². The van der Waals surface area contributed by atoms with E-state index in [0.29, 0.717) is 99.2 Å². The maximum absolute atomic E-state index is 8.61. The summed E-state index contributed by atoms with van der Waals surface area (Å²) in [6.07, 6.45) is 2.31. The lowest BCUT2D eigenvalue weighted by atomic mass is 9.92. The highest BCUT2D eigenvalue weighted by Gasteiger charge is 2.33. The fourth-order valence-corrected chi connectivity index (χ4v) is 2.79. The minimum Gasteiger partial charge on any atom is -0.381 e. The van der Waals surface area contributed by atoms with Crippen molar-refractivity contribution in [2.24, 2.45) is 5.41 Å². The van der Waals surface area contributed by atoms with Gasteiger partial charge < -0.3 is 23.3 Å². The van der Waals surface area contributed by atoms with Crippen molar-refractivity contribution in [3.8, 4) is 6.07 Å². The lowest BCUT2D eigenvalue weighted by molar-refractivity contribution is -0.0880. The summed E-state index contributed by atoms with van der Waals surface area (Å²) in [5, 5.41) is 8.61. The van der Waals surface area contributed by atoms with Gasteiger partial charge in [-0.25, -0.2) is 0 Å². The molecular weight excluding hydrogens is 341 g/mol. The highest BCUT2D eigenvalue weighted by molar-refractivity contribution is 7.46. The van der Waals surface area contributed by atoms with Crippen LogP contribution in [0.3, 0.4) is 0 Å². The first kappa shape index (κ1) is 19.5. The second-order valence-corrected chi connectivity index (χ2v) is 7.07. The Bertz CT molecular complexity index is 359. The third kappa shape index (κ3) is 13.6. The first-order valence-corrected chi connectivity index (χ1v) is 10.2. The Kier molecular flexibility index (Phi) is 13.4. The molecule has 148 valence electrons. The van der Waals surface area contributed by atoms with Crippen molar-refractivity contribution in [1.29, 1.82) is 5.26 Å². The smallest absolute Gasteiger partial charge is 0.167 e. The molecule has 0 bridgehead atoms. The summed E-state index contributed by atoms with van der Waals surface area (Å²) in [7, 11) is -1.13. The highest BCUT2D eigenvalue weighted by atomic mass is 31.2. The van der Waals surface area contributed by atoms with Crippen LogP contribution in [0.1, 0.15) is 50.5 Å². The van der Waals surface area contributed by atoms with E-state index in [0.717, 1.165) is 0 Å². The predicted molar refractivity (Wildman–Crippen MR) is 101 cm³/mol. The largest absolute Gasteiger partial charge is 0.381 e. The third-order valence-electron chi connectivity index (χ3n) is 3.13. The molecule has 0 aliphatic rings. The van der Waals surface area contributed by atoms with Gasteiger partial charge in [0.15, 0.2) is 8.38 Å². The molecule has 7 heteroatoms. The normalized spacial score (nSPS) is 14.5. The molecule has 0 spiro atoms.